The molecule has 0 saturated heterocycles. The van der Waals surface area contributed by atoms with Crippen LogP contribution in [0.2, 0.25) is 0 Å². The summed E-state index contributed by atoms with van der Waals surface area (Å²) in [4.78, 5) is 11.7. The van der Waals surface area contributed by atoms with Crippen molar-refractivity contribution in [3.63, 3.8) is 0 Å². The molecule has 0 bridgehead atoms. The molecular formula is C14H26N2OS. The first-order chi connectivity index (χ1) is 8.49. The number of carbonyl (C=O) groups excluding carboxylic acids is 1. The molecule has 2 unspecified atom stereocenters. The van der Waals surface area contributed by atoms with Crippen molar-refractivity contribution in [1.29, 1.82) is 0 Å². The molecule has 2 fully saturated rings. The van der Waals surface area contributed by atoms with Crippen molar-refractivity contribution in [3.05, 3.63) is 0 Å². The third kappa shape index (κ3) is 3.89. The van der Waals surface area contributed by atoms with Gasteiger partial charge in [0, 0.05) is 16.5 Å². The predicted octanol–water partition coefficient (Wildman–Crippen LogP) is 2.44. The SMILES string of the molecule is CC(CC(C)(NC1CC1)C(N)=O)SC1CCCC1. The molecule has 0 aliphatic heterocycles. The van der Waals surface area contributed by atoms with Crippen molar-refractivity contribution in [2.45, 2.75) is 80.9 Å². The van der Waals surface area contributed by atoms with Crippen LogP contribution < -0.4 is 11.1 Å². The van der Waals surface area contributed by atoms with E-state index in [0.29, 0.717) is 11.3 Å². The van der Waals surface area contributed by atoms with Gasteiger partial charge in [-0.25, -0.2) is 0 Å². The van der Waals surface area contributed by atoms with Crippen molar-refractivity contribution in [3.8, 4) is 0 Å². The molecule has 104 valence electrons. The average molecular weight is 270 g/mol. The maximum atomic E-state index is 11.7. The molecule has 1 amide bonds. The van der Waals surface area contributed by atoms with Crippen LogP contribution in [0.3, 0.4) is 0 Å². The Hall–Kier alpha value is -0.220. The summed E-state index contributed by atoms with van der Waals surface area (Å²) in [5.41, 5.74) is 5.07. The Morgan fingerprint density at radius 2 is 2.00 bits per heavy atom. The van der Waals surface area contributed by atoms with Gasteiger partial charge in [0.15, 0.2) is 0 Å². The maximum absolute atomic E-state index is 11.7. The number of thioether (sulfide) groups is 1. The quantitative estimate of drug-likeness (QED) is 0.747. The molecule has 3 nitrogen and oxygen atoms in total. The lowest BCUT2D eigenvalue weighted by atomic mass is 9.95. The fourth-order valence-corrected chi connectivity index (χ4v) is 4.58. The van der Waals surface area contributed by atoms with Crippen molar-refractivity contribution in [1.82, 2.24) is 5.32 Å². The highest BCUT2D eigenvalue weighted by Crippen LogP contribution is 2.35. The van der Waals surface area contributed by atoms with E-state index in [2.05, 4.69) is 24.0 Å². The Balaban J connectivity index is 1.84. The number of carbonyl (C=O) groups is 1. The van der Waals surface area contributed by atoms with Crippen LogP contribution in [0.5, 0.6) is 0 Å². The molecule has 0 spiro atoms. The highest BCUT2D eigenvalue weighted by molar-refractivity contribution is 8.00. The van der Waals surface area contributed by atoms with Gasteiger partial charge in [0.1, 0.15) is 0 Å². The lowest BCUT2D eigenvalue weighted by Crippen LogP contribution is -2.55. The number of amides is 1. The number of hydrogen-bond acceptors (Lipinski definition) is 3. The van der Waals surface area contributed by atoms with E-state index < -0.39 is 5.54 Å². The van der Waals surface area contributed by atoms with Crippen LogP contribution in [0.4, 0.5) is 0 Å². The number of nitrogens with one attached hydrogen (secondary N) is 1. The first-order valence-corrected chi connectivity index (χ1v) is 8.17. The first-order valence-electron chi connectivity index (χ1n) is 7.23. The summed E-state index contributed by atoms with van der Waals surface area (Å²) in [5.74, 6) is -0.201. The van der Waals surface area contributed by atoms with Crippen LogP contribution in [-0.4, -0.2) is 28.0 Å². The molecule has 2 atom stereocenters. The smallest absolute Gasteiger partial charge is 0.237 e. The second kappa shape index (κ2) is 5.83. The van der Waals surface area contributed by atoms with Crippen LogP contribution in [0.25, 0.3) is 0 Å². The molecule has 2 rings (SSSR count). The third-order valence-corrected chi connectivity index (χ3v) is 5.55. The summed E-state index contributed by atoms with van der Waals surface area (Å²) in [7, 11) is 0. The molecule has 3 N–H and O–H groups in total. The lowest BCUT2D eigenvalue weighted by Gasteiger charge is -2.31. The zero-order valence-electron chi connectivity index (χ0n) is 11.6. The Morgan fingerprint density at radius 3 is 2.50 bits per heavy atom. The van der Waals surface area contributed by atoms with Gasteiger partial charge < -0.3 is 11.1 Å². The van der Waals surface area contributed by atoms with Crippen LogP contribution in [0, 0.1) is 0 Å². The summed E-state index contributed by atoms with van der Waals surface area (Å²) in [6, 6.07) is 0.520. The topological polar surface area (TPSA) is 55.1 Å². The van der Waals surface area contributed by atoms with Gasteiger partial charge in [0.25, 0.3) is 0 Å². The number of rotatable bonds is 7. The van der Waals surface area contributed by atoms with Crippen molar-refractivity contribution in [2.75, 3.05) is 0 Å². The van der Waals surface area contributed by atoms with Gasteiger partial charge in [-0.3, -0.25) is 4.79 Å². The monoisotopic (exact) mass is 270 g/mol. The fourth-order valence-electron chi connectivity index (χ4n) is 2.88. The first kappa shape index (κ1) is 14.2. The van der Waals surface area contributed by atoms with Crippen LogP contribution in [0.1, 0.15) is 58.8 Å². The van der Waals surface area contributed by atoms with Crippen molar-refractivity contribution < 1.29 is 4.79 Å². The highest BCUT2D eigenvalue weighted by Gasteiger charge is 2.38. The summed E-state index contributed by atoms with van der Waals surface area (Å²) in [6.07, 6.45) is 8.66. The van der Waals surface area contributed by atoms with Crippen LogP contribution >= 0.6 is 11.8 Å². The number of nitrogens with two attached hydrogens (primary N) is 1. The molecular weight excluding hydrogens is 244 g/mol. The Labute approximate surface area is 115 Å². The van der Waals surface area contributed by atoms with E-state index in [9.17, 15) is 4.79 Å². The minimum Gasteiger partial charge on any atom is -0.368 e. The second-order valence-electron chi connectivity index (χ2n) is 6.17. The molecule has 2 aliphatic carbocycles. The number of hydrogen-bond donors (Lipinski definition) is 2. The molecule has 2 aliphatic rings. The van der Waals surface area contributed by atoms with E-state index in [-0.39, 0.29) is 5.91 Å². The largest absolute Gasteiger partial charge is 0.368 e. The van der Waals surface area contributed by atoms with Crippen LogP contribution in [-0.2, 0) is 4.79 Å². The standard InChI is InChI=1S/C14H26N2OS/c1-10(18-12-5-3-4-6-12)9-14(2,13(15)17)16-11-7-8-11/h10-12,16H,3-9H2,1-2H3,(H2,15,17). The predicted molar refractivity (Wildman–Crippen MR) is 77.7 cm³/mol. The van der Waals surface area contributed by atoms with E-state index in [0.717, 1.165) is 11.7 Å². The maximum Gasteiger partial charge on any atom is 0.237 e. The average Bonchev–Trinajstić information content (AvgIpc) is 2.92. The molecule has 0 radical (unpaired) electrons. The van der Waals surface area contributed by atoms with Gasteiger partial charge in [-0.05, 0) is 39.0 Å². The van der Waals surface area contributed by atoms with Gasteiger partial charge in [-0.1, -0.05) is 19.8 Å². The number of primary amides is 1. The molecule has 4 heteroatoms. The summed E-state index contributed by atoms with van der Waals surface area (Å²) < 4.78 is 0. The molecule has 0 aromatic carbocycles. The third-order valence-electron chi connectivity index (χ3n) is 4.07. The minimum absolute atomic E-state index is 0.201. The van der Waals surface area contributed by atoms with E-state index in [4.69, 9.17) is 5.73 Å². The van der Waals surface area contributed by atoms with Crippen LogP contribution in [0.15, 0.2) is 0 Å². The Bertz CT molecular complexity index is 300. The minimum atomic E-state index is -0.522. The molecule has 2 saturated carbocycles. The zero-order chi connectivity index (χ0) is 13.2. The van der Waals surface area contributed by atoms with E-state index in [1.807, 2.05) is 6.92 Å². The normalized spacial score (nSPS) is 25.9. The van der Waals surface area contributed by atoms with Gasteiger partial charge in [0.2, 0.25) is 5.91 Å². The van der Waals surface area contributed by atoms with Gasteiger partial charge in [0.05, 0.1) is 5.54 Å². The second-order valence-corrected chi connectivity index (χ2v) is 7.92. The van der Waals surface area contributed by atoms with E-state index in [1.165, 1.54) is 38.5 Å². The Morgan fingerprint density at radius 1 is 1.39 bits per heavy atom. The summed E-state index contributed by atoms with van der Waals surface area (Å²) in [6.45, 7) is 4.21. The highest BCUT2D eigenvalue weighted by atomic mass is 32.2. The molecule has 0 aromatic rings. The van der Waals surface area contributed by atoms with Crippen molar-refractivity contribution in [2.24, 2.45) is 5.73 Å². The summed E-state index contributed by atoms with van der Waals surface area (Å²) >= 11 is 2.05. The van der Waals surface area contributed by atoms with Gasteiger partial charge >= 0.3 is 0 Å². The zero-order valence-corrected chi connectivity index (χ0v) is 12.4. The van der Waals surface area contributed by atoms with Gasteiger partial charge in [-0.15, -0.1) is 0 Å². The molecule has 0 aromatic heterocycles. The van der Waals surface area contributed by atoms with Crippen molar-refractivity contribution >= 4 is 17.7 Å². The molecule has 18 heavy (non-hydrogen) atoms. The van der Waals surface area contributed by atoms with Gasteiger partial charge in [-0.2, -0.15) is 11.8 Å². The van der Waals surface area contributed by atoms with E-state index >= 15 is 0 Å². The Kier molecular flexibility index (Phi) is 4.59. The summed E-state index contributed by atoms with van der Waals surface area (Å²) in [5, 5.41) is 4.74. The fraction of sp³-hybridized carbons (Fsp3) is 0.929. The molecule has 0 heterocycles. The lowest BCUT2D eigenvalue weighted by molar-refractivity contribution is -0.124. The van der Waals surface area contributed by atoms with E-state index in [1.54, 1.807) is 0 Å².